The number of hydrogen-bond acceptors (Lipinski definition) is 2. The summed E-state index contributed by atoms with van der Waals surface area (Å²) >= 11 is 11.6. The molecule has 0 amide bonds. The topological polar surface area (TPSA) is 26.3 Å². The van der Waals surface area contributed by atoms with Crippen LogP contribution in [0.2, 0.25) is 10.0 Å². The van der Waals surface area contributed by atoms with Crippen molar-refractivity contribution in [2.45, 2.75) is 32.8 Å². The number of rotatable bonds is 6. The summed E-state index contributed by atoms with van der Waals surface area (Å²) in [5.41, 5.74) is 0.531. The van der Waals surface area contributed by atoms with E-state index in [0.717, 1.165) is 12.8 Å². The van der Waals surface area contributed by atoms with Crippen LogP contribution in [0.5, 0.6) is 0 Å². The third-order valence-electron chi connectivity index (χ3n) is 2.44. The number of Topliss-reactive ketones (excluding diaryl/α,β-unsaturated/α-hetero) is 1. The summed E-state index contributed by atoms with van der Waals surface area (Å²) in [5.74, 6) is -0.0773. The lowest BCUT2D eigenvalue weighted by atomic mass is 10.1. The van der Waals surface area contributed by atoms with E-state index in [1.54, 1.807) is 18.2 Å². The number of carbonyl (C=O) groups is 1. The second kappa shape index (κ2) is 7.00. The maximum atomic E-state index is 11.8. The van der Waals surface area contributed by atoms with Crippen molar-refractivity contribution in [1.29, 1.82) is 0 Å². The molecule has 0 aliphatic carbocycles. The van der Waals surface area contributed by atoms with Crippen LogP contribution in [-0.2, 0) is 4.74 Å². The Morgan fingerprint density at radius 2 is 2.06 bits per heavy atom. The van der Waals surface area contributed by atoms with E-state index >= 15 is 0 Å². The normalized spacial score (nSPS) is 12.5. The van der Waals surface area contributed by atoms with Crippen LogP contribution in [0.4, 0.5) is 0 Å². The third kappa shape index (κ3) is 4.66. The van der Waals surface area contributed by atoms with Gasteiger partial charge in [0.1, 0.15) is 6.61 Å². The van der Waals surface area contributed by atoms with E-state index in [-0.39, 0.29) is 18.5 Å². The van der Waals surface area contributed by atoms with Crippen molar-refractivity contribution in [3.05, 3.63) is 33.8 Å². The van der Waals surface area contributed by atoms with Gasteiger partial charge in [0.15, 0.2) is 5.78 Å². The average molecular weight is 275 g/mol. The lowest BCUT2D eigenvalue weighted by Gasteiger charge is -2.11. The van der Waals surface area contributed by atoms with Crippen LogP contribution < -0.4 is 0 Å². The molecule has 0 heterocycles. The van der Waals surface area contributed by atoms with Gasteiger partial charge >= 0.3 is 0 Å². The summed E-state index contributed by atoms with van der Waals surface area (Å²) in [4.78, 5) is 11.8. The van der Waals surface area contributed by atoms with Gasteiger partial charge in [0.05, 0.1) is 16.1 Å². The van der Waals surface area contributed by atoms with Crippen molar-refractivity contribution in [2.75, 3.05) is 6.61 Å². The molecule has 1 rings (SSSR count). The van der Waals surface area contributed by atoms with Gasteiger partial charge in [0, 0.05) is 5.56 Å². The molecule has 94 valence electrons. The van der Waals surface area contributed by atoms with Crippen molar-refractivity contribution < 1.29 is 9.53 Å². The van der Waals surface area contributed by atoms with Gasteiger partial charge in [-0.1, -0.05) is 36.5 Å². The Kier molecular flexibility index (Phi) is 5.96. The van der Waals surface area contributed by atoms with Crippen LogP contribution in [0.15, 0.2) is 18.2 Å². The van der Waals surface area contributed by atoms with E-state index in [1.807, 2.05) is 6.92 Å². The fourth-order valence-electron chi connectivity index (χ4n) is 1.46. The highest BCUT2D eigenvalue weighted by atomic mass is 35.5. The number of carbonyl (C=O) groups excluding carboxylic acids is 1. The molecule has 0 aliphatic heterocycles. The first-order chi connectivity index (χ1) is 8.04. The number of benzene rings is 1. The minimum atomic E-state index is -0.0773. The molecule has 17 heavy (non-hydrogen) atoms. The molecule has 1 unspecified atom stereocenters. The SMILES string of the molecule is CCCC(C)OCC(=O)c1ccc(Cl)c(Cl)c1. The minimum absolute atomic E-state index is 0.0773. The molecule has 0 saturated heterocycles. The quantitative estimate of drug-likeness (QED) is 0.720. The van der Waals surface area contributed by atoms with Crippen molar-refractivity contribution in [3.8, 4) is 0 Å². The zero-order chi connectivity index (χ0) is 12.8. The molecule has 0 aliphatic rings. The highest BCUT2D eigenvalue weighted by molar-refractivity contribution is 6.42. The maximum absolute atomic E-state index is 11.8. The first-order valence-corrected chi connectivity index (χ1v) is 6.40. The molecule has 2 nitrogen and oxygen atoms in total. The van der Waals surface area contributed by atoms with Gasteiger partial charge < -0.3 is 4.74 Å². The summed E-state index contributed by atoms with van der Waals surface area (Å²) in [6.07, 6.45) is 2.10. The molecular formula is C13H16Cl2O2. The molecule has 0 N–H and O–H groups in total. The van der Waals surface area contributed by atoms with Crippen molar-refractivity contribution in [2.24, 2.45) is 0 Å². The minimum Gasteiger partial charge on any atom is -0.370 e. The Morgan fingerprint density at radius 1 is 1.35 bits per heavy atom. The predicted octanol–water partition coefficient (Wildman–Crippen LogP) is 4.38. The fourth-order valence-corrected chi connectivity index (χ4v) is 1.76. The van der Waals surface area contributed by atoms with E-state index < -0.39 is 0 Å². The van der Waals surface area contributed by atoms with Gasteiger partial charge in [-0.15, -0.1) is 0 Å². The van der Waals surface area contributed by atoms with E-state index in [4.69, 9.17) is 27.9 Å². The molecule has 0 spiro atoms. The summed E-state index contributed by atoms with van der Waals surface area (Å²) in [5, 5.41) is 0.836. The number of ketones is 1. The Balaban J connectivity index is 2.55. The Morgan fingerprint density at radius 3 is 2.65 bits per heavy atom. The van der Waals surface area contributed by atoms with Crippen LogP contribution in [0.3, 0.4) is 0 Å². The lowest BCUT2D eigenvalue weighted by Crippen LogP contribution is -2.15. The molecule has 0 radical (unpaired) electrons. The number of halogens is 2. The van der Waals surface area contributed by atoms with Crippen LogP contribution >= 0.6 is 23.2 Å². The zero-order valence-electron chi connectivity index (χ0n) is 10.0. The summed E-state index contributed by atoms with van der Waals surface area (Å²) in [6, 6.07) is 4.84. The Bertz CT molecular complexity index is 391. The first-order valence-electron chi connectivity index (χ1n) is 5.64. The third-order valence-corrected chi connectivity index (χ3v) is 3.17. The number of ether oxygens (including phenoxy) is 1. The van der Waals surface area contributed by atoms with Crippen LogP contribution in [0.1, 0.15) is 37.0 Å². The summed E-state index contributed by atoms with van der Waals surface area (Å²) < 4.78 is 5.44. The predicted molar refractivity (Wildman–Crippen MR) is 71.1 cm³/mol. The van der Waals surface area contributed by atoms with E-state index in [9.17, 15) is 4.79 Å². The Hall–Kier alpha value is -0.570. The largest absolute Gasteiger partial charge is 0.370 e. The molecule has 1 atom stereocenters. The highest BCUT2D eigenvalue weighted by Crippen LogP contribution is 2.22. The van der Waals surface area contributed by atoms with Gasteiger partial charge in [0.2, 0.25) is 0 Å². The molecular weight excluding hydrogens is 259 g/mol. The molecule has 0 bridgehead atoms. The van der Waals surface area contributed by atoms with Gasteiger partial charge in [-0.2, -0.15) is 0 Å². The summed E-state index contributed by atoms with van der Waals surface area (Å²) in [7, 11) is 0. The maximum Gasteiger partial charge on any atom is 0.188 e. The molecule has 1 aromatic carbocycles. The van der Waals surface area contributed by atoms with E-state index in [1.165, 1.54) is 0 Å². The van der Waals surface area contributed by atoms with Gasteiger partial charge in [0.25, 0.3) is 0 Å². The van der Waals surface area contributed by atoms with Crippen LogP contribution in [0, 0.1) is 0 Å². The van der Waals surface area contributed by atoms with Gasteiger partial charge in [-0.25, -0.2) is 0 Å². The standard InChI is InChI=1S/C13H16Cl2O2/c1-3-4-9(2)17-8-13(16)10-5-6-11(14)12(15)7-10/h5-7,9H,3-4,8H2,1-2H3. The number of hydrogen-bond donors (Lipinski definition) is 0. The lowest BCUT2D eigenvalue weighted by molar-refractivity contribution is 0.0490. The van der Waals surface area contributed by atoms with Gasteiger partial charge in [-0.05, 0) is 31.5 Å². The van der Waals surface area contributed by atoms with E-state index in [0.29, 0.717) is 15.6 Å². The molecule has 1 aromatic rings. The van der Waals surface area contributed by atoms with E-state index in [2.05, 4.69) is 6.92 Å². The molecule has 0 fully saturated rings. The second-order valence-electron chi connectivity index (χ2n) is 3.96. The zero-order valence-corrected chi connectivity index (χ0v) is 11.5. The molecule has 4 heteroatoms. The second-order valence-corrected chi connectivity index (χ2v) is 4.78. The van der Waals surface area contributed by atoms with Crippen molar-refractivity contribution >= 4 is 29.0 Å². The summed E-state index contributed by atoms with van der Waals surface area (Å²) in [6.45, 7) is 4.13. The Labute approximate surface area is 112 Å². The fraction of sp³-hybridized carbons (Fsp3) is 0.462. The van der Waals surface area contributed by atoms with Crippen molar-refractivity contribution in [3.63, 3.8) is 0 Å². The van der Waals surface area contributed by atoms with Crippen LogP contribution in [0.25, 0.3) is 0 Å². The molecule has 0 saturated carbocycles. The van der Waals surface area contributed by atoms with Gasteiger partial charge in [-0.3, -0.25) is 4.79 Å². The highest BCUT2D eigenvalue weighted by Gasteiger charge is 2.10. The van der Waals surface area contributed by atoms with Crippen LogP contribution in [-0.4, -0.2) is 18.5 Å². The monoisotopic (exact) mass is 274 g/mol. The van der Waals surface area contributed by atoms with Crippen molar-refractivity contribution in [1.82, 2.24) is 0 Å². The first kappa shape index (κ1) is 14.5. The smallest absolute Gasteiger partial charge is 0.188 e. The molecule has 0 aromatic heterocycles. The average Bonchev–Trinajstić information content (AvgIpc) is 2.30.